The maximum absolute atomic E-state index is 9.55. The van der Waals surface area contributed by atoms with Crippen LogP contribution in [0.25, 0.3) is 11.3 Å². The maximum Gasteiger partial charge on any atom is 0.328 e. The van der Waals surface area contributed by atoms with Crippen molar-refractivity contribution in [3.63, 3.8) is 0 Å². The Labute approximate surface area is 192 Å². The molecule has 1 unspecified atom stereocenters. The Morgan fingerprint density at radius 2 is 1.70 bits per heavy atom. The number of aromatic nitrogens is 1. The van der Waals surface area contributed by atoms with Gasteiger partial charge in [-0.25, -0.2) is 9.59 Å². The summed E-state index contributed by atoms with van der Waals surface area (Å²) in [5.41, 5.74) is 1.86. The van der Waals surface area contributed by atoms with Crippen molar-refractivity contribution >= 4 is 11.9 Å². The second-order valence-corrected chi connectivity index (χ2v) is 7.93. The number of carbonyl (C=O) groups is 2. The van der Waals surface area contributed by atoms with E-state index in [4.69, 9.17) is 24.2 Å². The zero-order valence-electron chi connectivity index (χ0n) is 18.7. The summed E-state index contributed by atoms with van der Waals surface area (Å²) in [4.78, 5) is 21.6. The standard InChI is InChI=1S/C20H26N2O3.C4H4O4/c1-2-17(15-22-10-6-7-11-22)20(23-12-13-24-20)19-14-18(21-25-19)16-8-4-3-5-9-16;5-3(6)1-2-4(7)8/h3-5,8-9,14,17H,2,6-7,10-13,15H2,1H3;1-2H,(H,5,6)(H,7,8)/b;2-1-. The zero-order valence-corrected chi connectivity index (χ0v) is 18.7. The highest BCUT2D eigenvalue weighted by Gasteiger charge is 2.49. The van der Waals surface area contributed by atoms with Gasteiger partial charge in [-0.05, 0) is 32.4 Å². The fourth-order valence-electron chi connectivity index (χ4n) is 4.13. The highest BCUT2D eigenvalue weighted by molar-refractivity contribution is 5.89. The van der Waals surface area contributed by atoms with Crippen molar-refractivity contribution < 1.29 is 33.8 Å². The van der Waals surface area contributed by atoms with E-state index in [0.717, 1.165) is 37.3 Å². The maximum atomic E-state index is 9.55. The van der Waals surface area contributed by atoms with Crippen LogP contribution >= 0.6 is 0 Å². The lowest BCUT2D eigenvalue weighted by Gasteiger charge is -2.35. The molecule has 4 rings (SSSR count). The number of carboxylic acid groups (broad SMARTS) is 2. The van der Waals surface area contributed by atoms with Gasteiger partial charge in [0.1, 0.15) is 5.69 Å². The molecule has 2 N–H and O–H groups in total. The molecule has 2 aliphatic heterocycles. The van der Waals surface area contributed by atoms with Crippen LogP contribution in [0.1, 0.15) is 31.9 Å². The normalized spacial score (nSPS) is 18.7. The lowest BCUT2D eigenvalue weighted by Crippen LogP contribution is -2.42. The first-order valence-corrected chi connectivity index (χ1v) is 11.1. The zero-order chi connectivity index (χ0) is 23.7. The minimum Gasteiger partial charge on any atom is -0.478 e. The second kappa shape index (κ2) is 11.7. The molecule has 0 aliphatic carbocycles. The first-order valence-electron chi connectivity index (χ1n) is 11.1. The highest BCUT2D eigenvalue weighted by Crippen LogP contribution is 2.42. The lowest BCUT2D eigenvalue weighted by atomic mass is 9.92. The Bertz CT molecular complexity index is 913. The summed E-state index contributed by atoms with van der Waals surface area (Å²) in [6.07, 6.45) is 4.65. The van der Waals surface area contributed by atoms with Crippen LogP contribution in [0.2, 0.25) is 0 Å². The van der Waals surface area contributed by atoms with Crippen LogP contribution in [0.15, 0.2) is 53.1 Å². The lowest BCUT2D eigenvalue weighted by molar-refractivity contribution is -0.222. The Kier molecular flexibility index (Phi) is 8.76. The smallest absolute Gasteiger partial charge is 0.328 e. The van der Waals surface area contributed by atoms with Crippen molar-refractivity contribution in [2.45, 2.75) is 32.0 Å². The van der Waals surface area contributed by atoms with Gasteiger partial charge in [-0.15, -0.1) is 0 Å². The van der Waals surface area contributed by atoms with Crippen LogP contribution in [0.5, 0.6) is 0 Å². The van der Waals surface area contributed by atoms with Crippen molar-refractivity contribution in [1.29, 1.82) is 0 Å². The molecular formula is C24H30N2O7. The van der Waals surface area contributed by atoms with Crippen LogP contribution in [-0.2, 0) is 24.8 Å². The van der Waals surface area contributed by atoms with Gasteiger partial charge in [-0.3, -0.25) is 0 Å². The molecule has 0 spiro atoms. The molecule has 1 aromatic heterocycles. The molecule has 0 saturated carbocycles. The predicted molar refractivity (Wildman–Crippen MR) is 119 cm³/mol. The number of benzene rings is 1. The van der Waals surface area contributed by atoms with E-state index in [2.05, 4.69) is 17.0 Å². The molecule has 0 amide bonds. The van der Waals surface area contributed by atoms with Gasteiger partial charge in [0, 0.05) is 36.2 Å². The van der Waals surface area contributed by atoms with E-state index in [1.54, 1.807) is 0 Å². The van der Waals surface area contributed by atoms with E-state index in [1.165, 1.54) is 12.8 Å². The summed E-state index contributed by atoms with van der Waals surface area (Å²) in [5.74, 6) is -2.41. The number of hydrogen-bond donors (Lipinski definition) is 2. The first-order chi connectivity index (χ1) is 15.9. The predicted octanol–water partition coefficient (Wildman–Crippen LogP) is 3.38. The summed E-state index contributed by atoms with van der Waals surface area (Å²) in [7, 11) is 0. The molecule has 2 saturated heterocycles. The van der Waals surface area contributed by atoms with Gasteiger partial charge >= 0.3 is 11.9 Å². The van der Waals surface area contributed by atoms with Crippen molar-refractivity contribution in [2.75, 3.05) is 32.8 Å². The number of nitrogens with zero attached hydrogens (tertiary/aromatic N) is 2. The van der Waals surface area contributed by atoms with Gasteiger partial charge in [0.05, 0.1) is 13.2 Å². The van der Waals surface area contributed by atoms with Crippen molar-refractivity contribution in [2.24, 2.45) is 5.92 Å². The van der Waals surface area contributed by atoms with E-state index in [9.17, 15) is 9.59 Å². The fourth-order valence-corrected chi connectivity index (χ4v) is 4.13. The molecular weight excluding hydrogens is 428 g/mol. The molecule has 9 heteroatoms. The average molecular weight is 459 g/mol. The number of carboxylic acids is 2. The Balaban J connectivity index is 0.000000331. The van der Waals surface area contributed by atoms with E-state index in [0.29, 0.717) is 31.1 Å². The number of likely N-dealkylation sites (tertiary alicyclic amines) is 1. The van der Waals surface area contributed by atoms with E-state index in [1.807, 2.05) is 36.4 Å². The summed E-state index contributed by atoms with van der Waals surface area (Å²) in [5, 5.41) is 19.9. The Hall–Kier alpha value is -3.01. The molecule has 3 heterocycles. The number of aliphatic carboxylic acids is 2. The minimum absolute atomic E-state index is 0.227. The molecule has 9 nitrogen and oxygen atoms in total. The van der Waals surface area contributed by atoms with Gasteiger partial charge in [0.15, 0.2) is 5.76 Å². The first kappa shape index (κ1) is 24.6. The van der Waals surface area contributed by atoms with Gasteiger partial charge in [-0.1, -0.05) is 42.4 Å². The largest absolute Gasteiger partial charge is 0.478 e. The monoisotopic (exact) mass is 458 g/mol. The van der Waals surface area contributed by atoms with Crippen LogP contribution in [0.3, 0.4) is 0 Å². The van der Waals surface area contributed by atoms with Crippen LogP contribution in [-0.4, -0.2) is 65.1 Å². The topological polar surface area (TPSA) is 122 Å². The van der Waals surface area contributed by atoms with Crippen LogP contribution in [0, 0.1) is 5.92 Å². The third-order valence-corrected chi connectivity index (χ3v) is 5.72. The van der Waals surface area contributed by atoms with E-state index >= 15 is 0 Å². The second-order valence-electron chi connectivity index (χ2n) is 7.93. The molecule has 1 atom stereocenters. The average Bonchev–Trinajstić information content (AvgIpc) is 3.59. The summed E-state index contributed by atoms with van der Waals surface area (Å²) < 4.78 is 18.0. The van der Waals surface area contributed by atoms with E-state index in [-0.39, 0.29) is 5.92 Å². The summed E-state index contributed by atoms with van der Waals surface area (Å²) in [6.45, 7) is 6.69. The fraction of sp³-hybridized carbons (Fsp3) is 0.458. The molecule has 0 bridgehead atoms. The molecule has 33 heavy (non-hydrogen) atoms. The molecule has 2 aliphatic rings. The van der Waals surface area contributed by atoms with Gasteiger partial charge in [0.2, 0.25) is 5.79 Å². The van der Waals surface area contributed by atoms with Crippen molar-refractivity contribution in [3.05, 3.63) is 54.3 Å². The molecule has 2 fully saturated rings. The van der Waals surface area contributed by atoms with E-state index < -0.39 is 17.7 Å². The molecule has 2 aromatic rings. The number of rotatable bonds is 8. The van der Waals surface area contributed by atoms with Gasteiger partial charge in [0.25, 0.3) is 0 Å². The quantitative estimate of drug-likeness (QED) is 0.573. The summed E-state index contributed by atoms with van der Waals surface area (Å²) in [6, 6.07) is 12.1. The SMILES string of the molecule is CCC(CN1CCCC1)C1(c2cc(-c3ccccc3)no2)OCCO1.O=C(O)/C=C\C(=O)O. The third-order valence-electron chi connectivity index (χ3n) is 5.72. The molecule has 0 radical (unpaired) electrons. The van der Waals surface area contributed by atoms with Crippen molar-refractivity contribution in [1.82, 2.24) is 10.1 Å². The Morgan fingerprint density at radius 3 is 2.24 bits per heavy atom. The Morgan fingerprint density at radius 1 is 1.09 bits per heavy atom. The van der Waals surface area contributed by atoms with Gasteiger partial charge in [-0.2, -0.15) is 0 Å². The highest BCUT2D eigenvalue weighted by atomic mass is 16.7. The third kappa shape index (κ3) is 6.50. The van der Waals surface area contributed by atoms with Crippen LogP contribution < -0.4 is 0 Å². The summed E-state index contributed by atoms with van der Waals surface area (Å²) >= 11 is 0. The minimum atomic E-state index is -1.26. The number of hydrogen-bond acceptors (Lipinski definition) is 7. The number of ether oxygens (including phenoxy) is 2. The molecule has 1 aromatic carbocycles. The van der Waals surface area contributed by atoms with Crippen LogP contribution in [0.4, 0.5) is 0 Å². The van der Waals surface area contributed by atoms with Gasteiger partial charge < -0.3 is 29.1 Å². The molecule has 178 valence electrons. The van der Waals surface area contributed by atoms with Crippen molar-refractivity contribution in [3.8, 4) is 11.3 Å².